The first-order valence-corrected chi connectivity index (χ1v) is 1.99. The Morgan fingerprint density at radius 3 is 3.33 bits per heavy atom. The van der Waals surface area contributed by atoms with Gasteiger partial charge in [0, 0.05) is 13.7 Å². The zero-order valence-electron chi connectivity index (χ0n) is 4.81. The molecular weight excluding hydrogens is 78.0 g/mol. The number of ether oxygens (including phenoxy) is 1. The Hall–Kier alpha value is -0.0800. The third-order valence-electron chi connectivity index (χ3n) is 0.493. The quantitative estimate of drug-likeness (QED) is 0.494. The van der Waals surface area contributed by atoms with E-state index in [9.17, 15) is 0 Å². The molecule has 0 unspecified atom stereocenters. The van der Waals surface area contributed by atoms with E-state index in [1.165, 1.54) is 0 Å². The molecule has 6 heavy (non-hydrogen) atoms. The molecule has 0 amide bonds. The van der Waals surface area contributed by atoms with Crippen molar-refractivity contribution < 1.29 is 6.11 Å². The Labute approximate surface area is 39.7 Å². The zero-order valence-corrected chi connectivity index (χ0v) is 3.81. The maximum Gasteiger partial charge on any atom is 0.0530 e. The minimum Gasteiger partial charge on any atom is -0.385 e. The monoisotopic (exact) mass is 90.1 g/mol. The summed E-state index contributed by atoms with van der Waals surface area (Å²) >= 11 is 0. The SMILES string of the molecule is [2H]COCCCN. The van der Waals surface area contributed by atoms with E-state index in [1.807, 2.05) is 0 Å². The van der Waals surface area contributed by atoms with Gasteiger partial charge in [-0.05, 0) is 13.0 Å². The molecule has 0 radical (unpaired) electrons. The lowest BCUT2D eigenvalue weighted by atomic mass is 10.5. The van der Waals surface area contributed by atoms with Crippen LogP contribution in [0.4, 0.5) is 0 Å². The highest BCUT2D eigenvalue weighted by Gasteiger charge is 1.74. The number of methoxy groups -OCH3 is 1. The summed E-state index contributed by atoms with van der Waals surface area (Å²) in [6.07, 6.45) is 0.860. The van der Waals surface area contributed by atoms with Crippen molar-refractivity contribution in [3.63, 3.8) is 0 Å². The van der Waals surface area contributed by atoms with E-state index in [2.05, 4.69) is 4.74 Å². The van der Waals surface area contributed by atoms with Gasteiger partial charge < -0.3 is 10.5 Å². The summed E-state index contributed by atoms with van der Waals surface area (Å²) in [7, 11) is 0.0556. The second kappa shape index (κ2) is 4.92. The average molecular weight is 90.1 g/mol. The molecule has 0 saturated heterocycles. The molecule has 0 aromatic rings. The van der Waals surface area contributed by atoms with Crippen LogP contribution in [-0.4, -0.2) is 20.2 Å². The van der Waals surface area contributed by atoms with Gasteiger partial charge in [-0.1, -0.05) is 0 Å². The van der Waals surface area contributed by atoms with Crippen molar-refractivity contribution in [1.82, 2.24) is 0 Å². The molecule has 0 saturated carbocycles. The summed E-state index contributed by atoms with van der Waals surface area (Å²) in [6, 6.07) is 0. The van der Waals surface area contributed by atoms with E-state index < -0.39 is 0 Å². The lowest BCUT2D eigenvalue weighted by molar-refractivity contribution is 0.197. The lowest BCUT2D eigenvalue weighted by Crippen LogP contribution is -2.01. The predicted molar refractivity (Wildman–Crippen MR) is 25.5 cm³/mol. The highest BCUT2D eigenvalue weighted by molar-refractivity contribution is 4.31. The van der Waals surface area contributed by atoms with E-state index in [0.717, 1.165) is 6.42 Å². The molecule has 0 aromatic heterocycles. The molecule has 0 heterocycles. The first-order valence-electron chi connectivity index (χ1n) is 2.69. The van der Waals surface area contributed by atoms with Gasteiger partial charge in [-0.15, -0.1) is 0 Å². The maximum absolute atomic E-state index is 6.52. The molecule has 0 spiro atoms. The number of rotatable bonds is 3. The average Bonchev–Trinajstić information content (AvgIpc) is 1.69. The van der Waals surface area contributed by atoms with Gasteiger partial charge in [-0.25, -0.2) is 0 Å². The van der Waals surface area contributed by atoms with Gasteiger partial charge in [0.2, 0.25) is 0 Å². The molecule has 0 aromatic carbocycles. The van der Waals surface area contributed by atoms with Crippen LogP contribution >= 0.6 is 0 Å². The molecular formula is C4H11NO. The highest BCUT2D eigenvalue weighted by atomic mass is 16.5. The normalized spacial score (nSPS) is 11.2. The van der Waals surface area contributed by atoms with Crippen LogP contribution < -0.4 is 5.73 Å². The maximum atomic E-state index is 6.52. The summed E-state index contributed by atoms with van der Waals surface area (Å²) in [6.45, 7) is 1.28. The van der Waals surface area contributed by atoms with Crippen molar-refractivity contribution in [3.8, 4) is 0 Å². The minimum atomic E-state index is 0.0556. The first-order chi connectivity index (χ1) is 3.41. The smallest absolute Gasteiger partial charge is 0.0530 e. The van der Waals surface area contributed by atoms with Gasteiger partial charge in [0.25, 0.3) is 0 Å². The minimum absolute atomic E-state index is 0.0556. The third-order valence-corrected chi connectivity index (χ3v) is 0.493. The van der Waals surface area contributed by atoms with Gasteiger partial charge in [0.05, 0.1) is 1.37 Å². The first kappa shape index (κ1) is 4.09. The molecule has 0 aliphatic rings. The Kier molecular flexibility index (Phi) is 3.35. The van der Waals surface area contributed by atoms with Gasteiger partial charge >= 0.3 is 0 Å². The van der Waals surface area contributed by atoms with Crippen molar-refractivity contribution in [3.05, 3.63) is 0 Å². The largest absolute Gasteiger partial charge is 0.385 e. The summed E-state index contributed by atoms with van der Waals surface area (Å²) in [5.74, 6) is 0. The topological polar surface area (TPSA) is 35.2 Å². The number of nitrogens with two attached hydrogens (primary N) is 1. The molecule has 0 bridgehead atoms. The highest BCUT2D eigenvalue weighted by Crippen LogP contribution is 1.70. The van der Waals surface area contributed by atoms with E-state index in [-0.39, 0.29) is 7.09 Å². The van der Waals surface area contributed by atoms with Crippen LogP contribution in [0, 0.1) is 0 Å². The Bertz CT molecular complexity index is 30.9. The van der Waals surface area contributed by atoms with Crippen LogP contribution in [-0.2, 0) is 4.74 Å². The van der Waals surface area contributed by atoms with Crippen molar-refractivity contribution in [1.29, 1.82) is 0 Å². The summed E-state index contributed by atoms with van der Waals surface area (Å²) in [5.41, 5.74) is 5.13. The molecule has 2 nitrogen and oxygen atoms in total. The molecule has 0 fully saturated rings. The van der Waals surface area contributed by atoms with Crippen LogP contribution in [0.3, 0.4) is 0 Å². The second-order valence-corrected chi connectivity index (χ2v) is 1.05. The van der Waals surface area contributed by atoms with Gasteiger partial charge in [0.1, 0.15) is 0 Å². The van der Waals surface area contributed by atoms with Crippen molar-refractivity contribution >= 4 is 0 Å². The van der Waals surface area contributed by atoms with Crippen molar-refractivity contribution in [2.45, 2.75) is 6.42 Å². The number of hydrogen-bond acceptors (Lipinski definition) is 2. The van der Waals surface area contributed by atoms with Crippen LogP contribution in [0.5, 0.6) is 0 Å². The molecule has 38 valence electrons. The summed E-state index contributed by atoms with van der Waals surface area (Å²) < 4.78 is 11.2. The van der Waals surface area contributed by atoms with Crippen LogP contribution in [0.2, 0.25) is 0 Å². The standard InChI is InChI=1S/C4H11NO/c1-6-4-2-3-5/h2-5H2,1H3/i1D. The fourth-order valence-corrected chi connectivity index (χ4v) is 0.185. The van der Waals surface area contributed by atoms with Crippen LogP contribution in [0.25, 0.3) is 0 Å². The lowest BCUT2D eigenvalue weighted by Gasteiger charge is -1.89. The van der Waals surface area contributed by atoms with E-state index in [4.69, 9.17) is 7.10 Å². The van der Waals surface area contributed by atoms with Gasteiger partial charge in [-0.3, -0.25) is 0 Å². The third kappa shape index (κ3) is 3.92. The molecule has 0 atom stereocenters. The van der Waals surface area contributed by atoms with E-state index >= 15 is 0 Å². The Morgan fingerprint density at radius 1 is 2.00 bits per heavy atom. The van der Waals surface area contributed by atoms with Gasteiger partial charge in [0.15, 0.2) is 0 Å². The molecule has 2 N–H and O–H groups in total. The Balaban J connectivity index is 2.45. The molecule has 0 rings (SSSR count). The fourth-order valence-electron chi connectivity index (χ4n) is 0.185. The molecule has 2 heteroatoms. The van der Waals surface area contributed by atoms with Gasteiger partial charge in [-0.2, -0.15) is 0 Å². The molecule has 0 aliphatic carbocycles. The Morgan fingerprint density at radius 2 is 2.83 bits per heavy atom. The summed E-state index contributed by atoms with van der Waals surface area (Å²) in [5, 5.41) is 0. The van der Waals surface area contributed by atoms with E-state index in [1.54, 1.807) is 0 Å². The second-order valence-electron chi connectivity index (χ2n) is 1.05. The molecule has 0 aliphatic heterocycles. The van der Waals surface area contributed by atoms with Crippen molar-refractivity contribution in [2.75, 3.05) is 20.2 Å². The summed E-state index contributed by atoms with van der Waals surface area (Å²) in [4.78, 5) is 0. The zero-order chi connectivity index (χ0) is 5.54. The number of hydrogen-bond donors (Lipinski definition) is 1. The fraction of sp³-hybridized carbons (Fsp3) is 1.00. The van der Waals surface area contributed by atoms with Crippen LogP contribution in [0.1, 0.15) is 7.79 Å². The van der Waals surface area contributed by atoms with E-state index in [0.29, 0.717) is 13.2 Å². The van der Waals surface area contributed by atoms with Crippen molar-refractivity contribution in [2.24, 2.45) is 5.73 Å². The predicted octanol–water partition coefficient (Wildman–Crippen LogP) is -0.0184. The van der Waals surface area contributed by atoms with Crippen LogP contribution in [0.15, 0.2) is 0 Å².